The van der Waals surface area contributed by atoms with Crippen LogP contribution in [-0.2, 0) is 4.79 Å². The van der Waals surface area contributed by atoms with Gasteiger partial charge >= 0.3 is 0 Å². The van der Waals surface area contributed by atoms with E-state index in [9.17, 15) is 9.18 Å². The van der Waals surface area contributed by atoms with Gasteiger partial charge in [-0.2, -0.15) is 0 Å². The van der Waals surface area contributed by atoms with E-state index in [4.69, 9.17) is 0 Å². The maximum absolute atomic E-state index is 12.6. The Morgan fingerprint density at radius 3 is 2.64 bits per heavy atom. The topological polar surface area (TPSA) is 32.3 Å². The van der Waals surface area contributed by atoms with E-state index < -0.39 is 6.17 Å². The lowest BCUT2D eigenvalue weighted by Crippen LogP contribution is -2.39. The minimum Gasteiger partial charge on any atom is -0.347 e. The van der Waals surface area contributed by atoms with Crippen molar-refractivity contribution in [3.05, 3.63) is 0 Å². The van der Waals surface area contributed by atoms with E-state index in [0.717, 1.165) is 0 Å². The summed E-state index contributed by atoms with van der Waals surface area (Å²) >= 11 is 0. The Bertz CT molecular complexity index is 161. The molecular weight excluding hydrogens is 147 g/mol. The summed E-state index contributed by atoms with van der Waals surface area (Å²) in [6.45, 7) is 0.310. The highest BCUT2D eigenvalue weighted by atomic mass is 19.1. The summed E-state index contributed by atoms with van der Waals surface area (Å²) in [7, 11) is 3.35. The van der Waals surface area contributed by atoms with Crippen LogP contribution < -0.4 is 5.32 Å². The number of carbonyl (C=O) groups excluding carboxylic acids is 1. The van der Waals surface area contributed by atoms with Crippen molar-refractivity contribution in [2.45, 2.75) is 18.6 Å². The summed E-state index contributed by atoms with van der Waals surface area (Å²) in [5.74, 6) is -0.0369. The molecule has 3 nitrogen and oxygen atoms in total. The van der Waals surface area contributed by atoms with Crippen molar-refractivity contribution in [1.29, 1.82) is 0 Å². The number of likely N-dealkylation sites (N-methyl/N-ethyl adjacent to an activating group) is 1. The first-order chi connectivity index (χ1) is 5.11. The molecule has 1 heterocycles. The molecule has 1 rings (SSSR count). The van der Waals surface area contributed by atoms with Crippen LogP contribution in [0.15, 0.2) is 0 Å². The van der Waals surface area contributed by atoms with Crippen molar-refractivity contribution in [1.82, 2.24) is 10.2 Å². The zero-order chi connectivity index (χ0) is 8.43. The van der Waals surface area contributed by atoms with E-state index in [1.807, 2.05) is 0 Å². The summed E-state index contributed by atoms with van der Waals surface area (Å²) in [4.78, 5) is 12.7. The van der Waals surface area contributed by atoms with Crippen LogP contribution in [0.5, 0.6) is 0 Å². The van der Waals surface area contributed by atoms with Crippen molar-refractivity contribution in [2.75, 3.05) is 20.6 Å². The molecule has 64 valence electrons. The van der Waals surface area contributed by atoms with Gasteiger partial charge in [-0.1, -0.05) is 0 Å². The molecular formula is C7H13FN2O. The number of hydrogen-bond donors (Lipinski definition) is 1. The van der Waals surface area contributed by atoms with E-state index in [0.29, 0.717) is 13.0 Å². The number of rotatable bonds is 1. The fourth-order valence-corrected chi connectivity index (χ4v) is 1.19. The fraction of sp³-hybridized carbons (Fsp3) is 0.857. The lowest BCUT2D eigenvalue weighted by Gasteiger charge is -2.15. The van der Waals surface area contributed by atoms with Crippen molar-refractivity contribution in [3.8, 4) is 0 Å². The van der Waals surface area contributed by atoms with Gasteiger partial charge in [-0.15, -0.1) is 0 Å². The average molecular weight is 160 g/mol. The Kier molecular flexibility index (Phi) is 2.44. The molecule has 0 saturated carbocycles. The summed E-state index contributed by atoms with van der Waals surface area (Å²) < 4.78 is 12.6. The molecule has 0 radical (unpaired) electrons. The second kappa shape index (κ2) is 3.17. The molecule has 4 heteroatoms. The first-order valence-corrected chi connectivity index (χ1v) is 3.70. The van der Waals surface area contributed by atoms with E-state index in [1.165, 1.54) is 4.90 Å². The van der Waals surface area contributed by atoms with Crippen LogP contribution in [0, 0.1) is 0 Å². The number of alkyl halides is 1. The van der Waals surface area contributed by atoms with Crippen molar-refractivity contribution < 1.29 is 9.18 Å². The van der Waals surface area contributed by atoms with Crippen LogP contribution in [0.3, 0.4) is 0 Å². The summed E-state index contributed by atoms with van der Waals surface area (Å²) in [6.07, 6.45) is -0.541. The van der Waals surface area contributed by atoms with Crippen molar-refractivity contribution in [3.63, 3.8) is 0 Å². The highest BCUT2D eigenvalue weighted by Crippen LogP contribution is 2.10. The fourth-order valence-electron chi connectivity index (χ4n) is 1.19. The molecule has 0 unspecified atom stereocenters. The zero-order valence-corrected chi connectivity index (χ0v) is 6.80. The highest BCUT2D eigenvalue weighted by Gasteiger charge is 2.29. The summed E-state index contributed by atoms with van der Waals surface area (Å²) in [5.41, 5.74) is 0. The number of hydrogen-bond acceptors (Lipinski definition) is 2. The molecule has 0 aromatic carbocycles. The van der Waals surface area contributed by atoms with E-state index in [2.05, 4.69) is 5.32 Å². The zero-order valence-electron chi connectivity index (χ0n) is 6.80. The number of nitrogens with zero attached hydrogens (tertiary/aromatic N) is 1. The normalized spacial score (nSPS) is 30.5. The Labute approximate surface area is 65.6 Å². The third-order valence-electron chi connectivity index (χ3n) is 1.82. The second-order valence-corrected chi connectivity index (χ2v) is 3.03. The Morgan fingerprint density at radius 2 is 2.27 bits per heavy atom. The van der Waals surface area contributed by atoms with Crippen LogP contribution in [0.4, 0.5) is 4.39 Å². The second-order valence-electron chi connectivity index (χ2n) is 3.03. The Morgan fingerprint density at radius 1 is 1.64 bits per heavy atom. The molecule has 0 spiro atoms. The van der Waals surface area contributed by atoms with Crippen LogP contribution in [0.1, 0.15) is 6.42 Å². The predicted octanol–water partition coefficient (Wildman–Crippen LogP) is -0.225. The van der Waals surface area contributed by atoms with Gasteiger partial charge in [0, 0.05) is 27.1 Å². The molecule has 1 amide bonds. The Hall–Kier alpha value is -0.640. The standard InChI is InChI=1S/C7H13FN2O/c1-10(2)7(11)6-3-5(8)4-9-6/h5-6,9H,3-4H2,1-2H3/t5-,6-/m0/s1. The highest BCUT2D eigenvalue weighted by molar-refractivity contribution is 5.81. The predicted molar refractivity (Wildman–Crippen MR) is 40.0 cm³/mol. The molecule has 0 aromatic rings. The lowest BCUT2D eigenvalue weighted by atomic mass is 10.2. The van der Waals surface area contributed by atoms with Crippen LogP contribution >= 0.6 is 0 Å². The van der Waals surface area contributed by atoms with Gasteiger partial charge < -0.3 is 10.2 Å². The van der Waals surface area contributed by atoms with E-state index >= 15 is 0 Å². The number of halogens is 1. The molecule has 1 aliphatic heterocycles. The first kappa shape index (κ1) is 8.46. The number of amides is 1. The molecule has 0 aromatic heterocycles. The van der Waals surface area contributed by atoms with Crippen LogP contribution in [-0.4, -0.2) is 43.7 Å². The third-order valence-corrected chi connectivity index (χ3v) is 1.82. The first-order valence-electron chi connectivity index (χ1n) is 3.70. The third kappa shape index (κ3) is 1.89. The average Bonchev–Trinajstić information content (AvgIpc) is 2.34. The quantitative estimate of drug-likeness (QED) is 0.575. The maximum atomic E-state index is 12.6. The van der Waals surface area contributed by atoms with Gasteiger partial charge in [-0.05, 0) is 0 Å². The molecule has 0 bridgehead atoms. The largest absolute Gasteiger partial charge is 0.347 e. The molecule has 1 saturated heterocycles. The van der Waals surface area contributed by atoms with Crippen LogP contribution in [0.25, 0.3) is 0 Å². The van der Waals surface area contributed by atoms with Crippen molar-refractivity contribution in [2.24, 2.45) is 0 Å². The number of carbonyl (C=O) groups is 1. The number of nitrogens with one attached hydrogen (secondary N) is 1. The van der Waals surface area contributed by atoms with Gasteiger partial charge in [0.2, 0.25) is 5.91 Å². The van der Waals surface area contributed by atoms with Gasteiger partial charge in [0.05, 0.1) is 6.04 Å². The monoisotopic (exact) mass is 160 g/mol. The minimum atomic E-state index is -0.858. The lowest BCUT2D eigenvalue weighted by molar-refractivity contribution is -0.130. The Balaban J connectivity index is 2.43. The van der Waals surface area contributed by atoms with Gasteiger partial charge in [-0.25, -0.2) is 4.39 Å². The molecule has 1 fully saturated rings. The van der Waals surface area contributed by atoms with Crippen LogP contribution in [0.2, 0.25) is 0 Å². The molecule has 0 aliphatic carbocycles. The summed E-state index contributed by atoms with van der Waals surface area (Å²) in [6, 6.07) is -0.306. The minimum absolute atomic E-state index is 0.0369. The van der Waals surface area contributed by atoms with Gasteiger partial charge in [-0.3, -0.25) is 4.79 Å². The SMILES string of the molecule is CN(C)C(=O)[C@@H]1C[C@H](F)CN1. The van der Waals surface area contributed by atoms with E-state index in [-0.39, 0.29) is 11.9 Å². The smallest absolute Gasteiger partial charge is 0.239 e. The van der Waals surface area contributed by atoms with Gasteiger partial charge in [0.15, 0.2) is 0 Å². The molecule has 2 atom stereocenters. The molecule has 1 N–H and O–H groups in total. The summed E-state index contributed by atoms with van der Waals surface area (Å²) in [5, 5.41) is 2.82. The molecule has 11 heavy (non-hydrogen) atoms. The van der Waals surface area contributed by atoms with E-state index in [1.54, 1.807) is 14.1 Å². The van der Waals surface area contributed by atoms with Gasteiger partial charge in [0.1, 0.15) is 6.17 Å². The van der Waals surface area contributed by atoms with Gasteiger partial charge in [0.25, 0.3) is 0 Å². The van der Waals surface area contributed by atoms with Crippen molar-refractivity contribution >= 4 is 5.91 Å². The molecule has 1 aliphatic rings. The maximum Gasteiger partial charge on any atom is 0.239 e.